The Kier molecular flexibility index (Phi) is 3.43. The zero-order chi connectivity index (χ0) is 7.23. The van der Waals surface area contributed by atoms with E-state index in [1.807, 2.05) is 6.08 Å². The van der Waals surface area contributed by atoms with Crippen molar-refractivity contribution in [3.63, 3.8) is 0 Å². The Labute approximate surface area is 62.1 Å². The van der Waals surface area contributed by atoms with Crippen LogP contribution >= 0.6 is 0 Å². The van der Waals surface area contributed by atoms with E-state index in [1.165, 1.54) is 0 Å². The van der Waals surface area contributed by atoms with Gasteiger partial charge in [0.05, 0.1) is 0 Å². The largest absolute Gasteiger partial charge is 0.314 e. The van der Waals surface area contributed by atoms with Crippen molar-refractivity contribution in [3.05, 3.63) is 12.7 Å². The lowest BCUT2D eigenvalue weighted by Gasteiger charge is -2.27. The summed E-state index contributed by atoms with van der Waals surface area (Å²) in [6, 6.07) is 0. The molecule has 0 aliphatic carbocycles. The van der Waals surface area contributed by atoms with Gasteiger partial charge in [-0.15, -0.1) is 6.58 Å². The average Bonchev–Trinajstić information content (AvgIpc) is 2.03. The molecule has 0 aromatic carbocycles. The Morgan fingerprint density at radius 3 is 2.80 bits per heavy atom. The maximum atomic E-state index is 3.64. The predicted octanol–water partition coefficient (Wildman–Crippen LogP) is -0.418. The summed E-state index contributed by atoms with van der Waals surface area (Å²) in [6.45, 7) is 8.87. The van der Waals surface area contributed by atoms with Gasteiger partial charge in [0.25, 0.3) is 0 Å². The number of hydrogen-bond donors (Lipinski definition) is 2. The van der Waals surface area contributed by atoms with Crippen molar-refractivity contribution in [2.75, 3.05) is 32.7 Å². The van der Waals surface area contributed by atoms with E-state index < -0.39 is 0 Å². The third-order valence-corrected chi connectivity index (χ3v) is 1.58. The average molecular weight is 141 g/mol. The van der Waals surface area contributed by atoms with Gasteiger partial charge >= 0.3 is 0 Å². The molecule has 0 bridgehead atoms. The molecule has 0 aromatic heterocycles. The molecule has 0 atom stereocenters. The van der Waals surface area contributed by atoms with E-state index in [0.29, 0.717) is 0 Å². The van der Waals surface area contributed by atoms with E-state index in [2.05, 4.69) is 22.3 Å². The minimum Gasteiger partial charge on any atom is -0.314 e. The molecule has 0 aromatic rings. The first-order valence-corrected chi connectivity index (χ1v) is 3.73. The summed E-state index contributed by atoms with van der Waals surface area (Å²) in [5, 5.41) is 5.50. The summed E-state index contributed by atoms with van der Waals surface area (Å²) in [4.78, 5) is 0. The zero-order valence-corrected chi connectivity index (χ0v) is 6.27. The van der Waals surface area contributed by atoms with E-state index >= 15 is 0 Å². The Hall–Kier alpha value is -0.380. The molecule has 1 heterocycles. The summed E-state index contributed by atoms with van der Waals surface area (Å²) >= 11 is 0. The monoisotopic (exact) mass is 141 g/mol. The topological polar surface area (TPSA) is 27.3 Å². The number of rotatable bonds is 3. The first-order valence-electron chi connectivity index (χ1n) is 3.73. The molecule has 1 fully saturated rings. The molecule has 3 nitrogen and oxygen atoms in total. The Morgan fingerprint density at radius 2 is 2.20 bits per heavy atom. The molecule has 0 radical (unpaired) electrons. The highest BCUT2D eigenvalue weighted by Crippen LogP contribution is 1.85. The van der Waals surface area contributed by atoms with Crippen LogP contribution in [0.5, 0.6) is 0 Å². The normalized spacial score (nSPS) is 20.8. The van der Waals surface area contributed by atoms with Crippen LogP contribution in [0, 0.1) is 0 Å². The minimum atomic E-state index is 0.875. The highest BCUT2D eigenvalue weighted by molar-refractivity contribution is 4.71. The fourth-order valence-electron chi connectivity index (χ4n) is 1.02. The molecule has 1 aliphatic rings. The molecule has 0 amide bonds. The third kappa shape index (κ3) is 2.47. The van der Waals surface area contributed by atoms with E-state index in [4.69, 9.17) is 0 Å². The number of piperazine rings is 1. The van der Waals surface area contributed by atoms with Crippen LogP contribution < -0.4 is 10.7 Å². The van der Waals surface area contributed by atoms with Crippen molar-refractivity contribution in [1.82, 2.24) is 15.8 Å². The molecule has 0 unspecified atom stereocenters. The number of nitrogens with zero attached hydrogens (tertiary/aromatic N) is 1. The van der Waals surface area contributed by atoms with Crippen LogP contribution in [0.4, 0.5) is 0 Å². The molecule has 0 spiro atoms. The van der Waals surface area contributed by atoms with Crippen LogP contribution in [-0.4, -0.2) is 37.7 Å². The van der Waals surface area contributed by atoms with E-state index in [0.717, 1.165) is 32.7 Å². The van der Waals surface area contributed by atoms with E-state index in [1.54, 1.807) is 0 Å². The van der Waals surface area contributed by atoms with Crippen LogP contribution in [0.1, 0.15) is 0 Å². The number of nitrogens with one attached hydrogen (secondary N) is 2. The van der Waals surface area contributed by atoms with Crippen LogP contribution in [0.15, 0.2) is 12.7 Å². The fraction of sp³-hybridized carbons (Fsp3) is 0.714. The highest BCUT2D eigenvalue weighted by atomic mass is 15.5. The summed E-state index contributed by atoms with van der Waals surface area (Å²) in [5.74, 6) is 0. The van der Waals surface area contributed by atoms with Gasteiger partial charge in [-0.25, -0.2) is 5.01 Å². The fourth-order valence-corrected chi connectivity index (χ4v) is 1.02. The van der Waals surface area contributed by atoms with Gasteiger partial charge in [-0.3, -0.25) is 5.43 Å². The lowest BCUT2D eigenvalue weighted by atomic mass is 10.4. The molecular weight excluding hydrogens is 126 g/mol. The highest BCUT2D eigenvalue weighted by Gasteiger charge is 2.06. The Bertz CT molecular complexity index is 97.0. The second kappa shape index (κ2) is 4.44. The number of hydrazine groups is 1. The second-order valence-electron chi connectivity index (χ2n) is 2.39. The second-order valence-corrected chi connectivity index (χ2v) is 2.39. The van der Waals surface area contributed by atoms with Crippen LogP contribution in [0.3, 0.4) is 0 Å². The smallest absolute Gasteiger partial charge is 0.0280 e. The van der Waals surface area contributed by atoms with Crippen molar-refractivity contribution in [2.24, 2.45) is 0 Å². The van der Waals surface area contributed by atoms with Gasteiger partial charge in [0.1, 0.15) is 0 Å². The van der Waals surface area contributed by atoms with Crippen molar-refractivity contribution >= 4 is 0 Å². The van der Waals surface area contributed by atoms with Gasteiger partial charge in [-0.2, -0.15) is 0 Å². The van der Waals surface area contributed by atoms with Gasteiger partial charge in [0, 0.05) is 32.7 Å². The SMILES string of the molecule is C=CCNN1CCNCC1. The maximum absolute atomic E-state index is 3.64. The zero-order valence-electron chi connectivity index (χ0n) is 6.27. The third-order valence-electron chi connectivity index (χ3n) is 1.58. The Morgan fingerprint density at radius 1 is 1.50 bits per heavy atom. The number of hydrogen-bond acceptors (Lipinski definition) is 3. The molecular formula is C7H15N3. The molecule has 3 heteroatoms. The maximum Gasteiger partial charge on any atom is 0.0280 e. The van der Waals surface area contributed by atoms with Crippen LogP contribution in [-0.2, 0) is 0 Å². The predicted molar refractivity (Wildman–Crippen MR) is 42.6 cm³/mol. The Balaban J connectivity index is 2.07. The quantitative estimate of drug-likeness (QED) is 0.523. The molecule has 10 heavy (non-hydrogen) atoms. The minimum absolute atomic E-state index is 0.875. The van der Waals surface area contributed by atoms with Crippen molar-refractivity contribution in [3.8, 4) is 0 Å². The van der Waals surface area contributed by atoms with Gasteiger partial charge in [0.2, 0.25) is 0 Å². The lowest BCUT2D eigenvalue weighted by molar-refractivity contribution is 0.173. The van der Waals surface area contributed by atoms with Gasteiger partial charge < -0.3 is 5.32 Å². The van der Waals surface area contributed by atoms with Gasteiger partial charge in [-0.1, -0.05) is 6.08 Å². The summed E-state index contributed by atoms with van der Waals surface area (Å²) in [7, 11) is 0. The molecule has 1 rings (SSSR count). The van der Waals surface area contributed by atoms with Gasteiger partial charge in [-0.05, 0) is 0 Å². The van der Waals surface area contributed by atoms with Crippen molar-refractivity contribution in [2.45, 2.75) is 0 Å². The molecule has 2 N–H and O–H groups in total. The van der Waals surface area contributed by atoms with E-state index in [-0.39, 0.29) is 0 Å². The van der Waals surface area contributed by atoms with Crippen molar-refractivity contribution < 1.29 is 0 Å². The standard InChI is InChI=1S/C7H15N3/c1-2-3-9-10-6-4-8-5-7-10/h2,8-9H,1,3-7H2. The van der Waals surface area contributed by atoms with Crippen LogP contribution in [0.2, 0.25) is 0 Å². The summed E-state index contributed by atoms with van der Waals surface area (Å²) < 4.78 is 0. The lowest BCUT2D eigenvalue weighted by Crippen LogP contribution is -2.50. The molecule has 0 saturated carbocycles. The summed E-state index contributed by atoms with van der Waals surface area (Å²) in [6.07, 6.45) is 1.88. The molecule has 1 aliphatic heterocycles. The first-order chi connectivity index (χ1) is 4.93. The molecule has 58 valence electrons. The van der Waals surface area contributed by atoms with Crippen LogP contribution in [0.25, 0.3) is 0 Å². The molecule has 1 saturated heterocycles. The van der Waals surface area contributed by atoms with Crippen molar-refractivity contribution in [1.29, 1.82) is 0 Å². The van der Waals surface area contributed by atoms with E-state index in [9.17, 15) is 0 Å². The first kappa shape index (κ1) is 7.72. The summed E-state index contributed by atoms with van der Waals surface area (Å²) in [5.41, 5.74) is 3.25. The van der Waals surface area contributed by atoms with Gasteiger partial charge in [0.15, 0.2) is 0 Å².